The lowest BCUT2D eigenvalue weighted by molar-refractivity contribution is 0.186. The van der Waals surface area contributed by atoms with Gasteiger partial charge in [-0.3, -0.25) is 4.90 Å². The summed E-state index contributed by atoms with van der Waals surface area (Å²) in [6.45, 7) is 3.99. The molecule has 1 aliphatic heterocycles. The molecule has 2 aromatic rings. The molecule has 1 unspecified atom stereocenters. The first-order chi connectivity index (χ1) is 12.7. The zero-order chi connectivity index (χ0) is 18.5. The highest BCUT2D eigenvalue weighted by Crippen LogP contribution is 2.33. The Morgan fingerprint density at radius 2 is 1.69 bits per heavy atom. The molecule has 2 N–H and O–H groups in total. The molecule has 0 aromatic heterocycles. The fourth-order valence-electron chi connectivity index (χ4n) is 3.52. The number of anilines is 1. The monoisotopic (exact) mass is 359 g/mol. The molecule has 6 heteroatoms. The molecule has 0 aliphatic carbocycles. The van der Waals surface area contributed by atoms with Crippen molar-refractivity contribution in [3.63, 3.8) is 0 Å². The summed E-state index contributed by atoms with van der Waals surface area (Å²) in [6.07, 6.45) is 0. The van der Waals surface area contributed by atoms with Crippen molar-refractivity contribution >= 4 is 5.69 Å². The van der Waals surface area contributed by atoms with Crippen molar-refractivity contribution in [1.82, 2.24) is 4.90 Å². The van der Waals surface area contributed by atoms with Crippen LogP contribution in [0.1, 0.15) is 11.6 Å². The molecule has 26 heavy (non-hydrogen) atoms. The quantitative estimate of drug-likeness (QED) is 0.859. The minimum absolute atomic E-state index is 0.0652. The van der Waals surface area contributed by atoms with Gasteiger partial charge in [-0.05, 0) is 42.5 Å². The van der Waals surface area contributed by atoms with E-state index in [0.717, 1.165) is 48.9 Å². The van der Waals surface area contributed by atoms with Gasteiger partial charge in [0.25, 0.3) is 0 Å². The van der Waals surface area contributed by atoms with Gasteiger partial charge in [-0.2, -0.15) is 0 Å². The van der Waals surface area contributed by atoms with Gasteiger partial charge in [0.1, 0.15) is 17.3 Å². The number of methoxy groups -OCH3 is 2. The van der Waals surface area contributed by atoms with Crippen molar-refractivity contribution in [3.8, 4) is 11.5 Å². The van der Waals surface area contributed by atoms with Gasteiger partial charge < -0.3 is 20.1 Å². The lowest BCUT2D eigenvalue weighted by Gasteiger charge is -2.40. The molecule has 0 amide bonds. The third-order valence-corrected chi connectivity index (χ3v) is 4.97. The van der Waals surface area contributed by atoms with Crippen LogP contribution in [0, 0.1) is 5.82 Å². The van der Waals surface area contributed by atoms with Crippen LogP contribution in [-0.2, 0) is 0 Å². The third kappa shape index (κ3) is 3.92. The largest absolute Gasteiger partial charge is 0.497 e. The topological polar surface area (TPSA) is 51.0 Å². The number of nitrogens with zero attached hydrogens (tertiary/aromatic N) is 2. The van der Waals surface area contributed by atoms with Crippen molar-refractivity contribution in [2.45, 2.75) is 6.04 Å². The van der Waals surface area contributed by atoms with Crippen LogP contribution in [0.5, 0.6) is 11.5 Å². The van der Waals surface area contributed by atoms with Crippen LogP contribution in [0.2, 0.25) is 0 Å². The summed E-state index contributed by atoms with van der Waals surface area (Å²) >= 11 is 0. The summed E-state index contributed by atoms with van der Waals surface area (Å²) < 4.78 is 24.0. The van der Waals surface area contributed by atoms with Gasteiger partial charge in [0.15, 0.2) is 0 Å². The first-order valence-corrected chi connectivity index (χ1v) is 8.83. The average molecular weight is 359 g/mol. The lowest BCUT2D eigenvalue weighted by Crippen LogP contribution is -2.49. The molecule has 0 bridgehead atoms. The van der Waals surface area contributed by atoms with Crippen molar-refractivity contribution in [3.05, 3.63) is 53.8 Å². The molecule has 5 nitrogen and oxygen atoms in total. The highest BCUT2D eigenvalue weighted by Gasteiger charge is 2.26. The average Bonchev–Trinajstić information content (AvgIpc) is 2.69. The summed E-state index contributed by atoms with van der Waals surface area (Å²) in [5.74, 6) is 1.41. The fraction of sp³-hybridized carbons (Fsp3) is 0.400. The summed E-state index contributed by atoms with van der Waals surface area (Å²) in [4.78, 5) is 4.64. The van der Waals surface area contributed by atoms with E-state index in [1.165, 1.54) is 12.1 Å². The van der Waals surface area contributed by atoms with Crippen LogP contribution < -0.4 is 20.1 Å². The highest BCUT2D eigenvalue weighted by atomic mass is 19.1. The molecule has 1 aliphatic rings. The maximum Gasteiger partial charge on any atom is 0.123 e. The van der Waals surface area contributed by atoms with E-state index >= 15 is 0 Å². The van der Waals surface area contributed by atoms with Crippen LogP contribution in [-0.4, -0.2) is 51.8 Å². The van der Waals surface area contributed by atoms with Crippen LogP contribution in [0.25, 0.3) is 0 Å². The van der Waals surface area contributed by atoms with Gasteiger partial charge in [0, 0.05) is 44.0 Å². The Bertz CT molecular complexity index is 715. The Morgan fingerprint density at radius 3 is 2.27 bits per heavy atom. The molecule has 3 rings (SSSR count). The van der Waals surface area contributed by atoms with E-state index in [4.69, 9.17) is 15.2 Å². The van der Waals surface area contributed by atoms with E-state index in [2.05, 4.69) is 9.80 Å². The van der Waals surface area contributed by atoms with E-state index in [0.29, 0.717) is 6.54 Å². The molecular weight excluding hydrogens is 333 g/mol. The number of nitrogens with two attached hydrogens (primary N) is 1. The van der Waals surface area contributed by atoms with E-state index in [1.807, 2.05) is 30.3 Å². The number of rotatable bonds is 6. The standard InChI is InChI=1S/C20H26FN3O2/c1-25-17-7-8-20(26-2)18(13-17)19(14-22)24-11-9-23(10-12-24)16-5-3-15(21)4-6-16/h3-8,13,19H,9-12,14,22H2,1-2H3. The van der Waals surface area contributed by atoms with Crippen LogP contribution >= 0.6 is 0 Å². The van der Waals surface area contributed by atoms with Gasteiger partial charge in [-0.15, -0.1) is 0 Å². The maximum absolute atomic E-state index is 13.1. The molecule has 1 saturated heterocycles. The molecule has 1 atom stereocenters. The van der Waals surface area contributed by atoms with Crippen molar-refractivity contribution in [2.75, 3.05) is 51.8 Å². The second-order valence-electron chi connectivity index (χ2n) is 6.36. The second-order valence-corrected chi connectivity index (χ2v) is 6.36. The summed E-state index contributed by atoms with van der Waals surface area (Å²) in [6, 6.07) is 12.6. The number of hydrogen-bond donors (Lipinski definition) is 1. The molecule has 0 spiro atoms. The summed E-state index contributed by atoms with van der Waals surface area (Å²) in [5.41, 5.74) is 8.22. The van der Waals surface area contributed by atoms with Crippen molar-refractivity contribution < 1.29 is 13.9 Å². The van der Waals surface area contributed by atoms with Gasteiger partial charge >= 0.3 is 0 Å². The first-order valence-electron chi connectivity index (χ1n) is 8.83. The Morgan fingerprint density at radius 1 is 1.00 bits per heavy atom. The van der Waals surface area contributed by atoms with E-state index < -0.39 is 0 Å². The van der Waals surface area contributed by atoms with Crippen molar-refractivity contribution in [1.29, 1.82) is 0 Å². The number of ether oxygens (including phenoxy) is 2. The first kappa shape index (κ1) is 18.5. The highest BCUT2D eigenvalue weighted by molar-refractivity contribution is 5.47. The minimum atomic E-state index is -0.208. The third-order valence-electron chi connectivity index (χ3n) is 4.97. The predicted molar refractivity (Wildman–Crippen MR) is 102 cm³/mol. The predicted octanol–water partition coefficient (Wildman–Crippen LogP) is 2.66. The molecule has 140 valence electrons. The molecule has 2 aromatic carbocycles. The van der Waals surface area contributed by atoms with Gasteiger partial charge in [0.05, 0.1) is 20.3 Å². The van der Waals surface area contributed by atoms with Gasteiger partial charge in [0.2, 0.25) is 0 Å². The van der Waals surface area contributed by atoms with Gasteiger partial charge in [-0.25, -0.2) is 4.39 Å². The summed E-state index contributed by atoms with van der Waals surface area (Å²) in [5, 5.41) is 0. The molecular formula is C20H26FN3O2. The summed E-state index contributed by atoms with van der Waals surface area (Å²) in [7, 11) is 3.33. The SMILES string of the molecule is COc1ccc(OC)c(C(CN)N2CCN(c3ccc(F)cc3)CC2)c1. The second kappa shape index (κ2) is 8.38. The lowest BCUT2D eigenvalue weighted by atomic mass is 10.0. The fourth-order valence-corrected chi connectivity index (χ4v) is 3.52. The Labute approximate surface area is 154 Å². The Kier molecular flexibility index (Phi) is 5.96. The van der Waals surface area contributed by atoms with Gasteiger partial charge in [-0.1, -0.05) is 0 Å². The number of piperazine rings is 1. The smallest absolute Gasteiger partial charge is 0.123 e. The van der Waals surface area contributed by atoms with Crippen LogP contribution in [0.4, 0.5) is 10.1 Å². The minimum Gasteiger partial charge on any atom is -0.497 e. The molecule has 1 fully saturated rings. The zero-order valence-electron chi connectivity index (χ0n) is 15.3. The number of benzene rings is 2. The molecule has 0 saturated carbocycles. The molecule has 1 heterocycles. The number of halogens is 1. The van der Waals surface area contributed by atoms with Crippen molar-refractivity contribution in [2.24, 2.45) is 5.73 Å². The van der Waals surface area contributed by atoms with E-state index in [9.17, 15) is 4.39 Å². The van der Waals surface area contributed by atoms with Crippen LogP contribution in [0.3, 0.4) is 0 Å². The maximum atomic E-state index is 13.1. The number of hydrogen-bond acceptors (Lipinski definition) is 5. The zero-order valence-corrected chi connectivity index (χ0v) is 15.3. The van der Waals surface area contributed by atoms with E-state index in [1.54, 1.807) is 14.2 Å². The normalized spacial score (nSPS) is 16.4. The van der Waals surface area contributed by atoms with E-state index in [-0.39, 0.29) is 11.9 Å². The Hall–Kier alpha value is -2.31. The Balaban J connectivity index is 1.73. The van der Waals surface area contributed by atoms with Crippen LogP contribution in [0.15, 0.2) is 42.5 Å². The molecule has 0 radical (unpaired) electrons.